The molecule has 3 aromatic rings. The molecular weight excluding hydrogens is 250 g/mol. The monoisotopic (exact) mass is 267 g/mol. The van der Waals surface area contributed by atoms with Crippen molar-refractivity contribution in [3.05, 3.63) is 48.5 Å². The van der Waals surface area contributed by atoms with E-state index in [1.54, 1.807) is 6.20 Å². The largest absolute Gasteiger partial charge is 0.309 e. The fraction of sp³-hybridized carbons (Fsp3) is 0.267. The molecule has 3 rings (SSSR count). The first kappa shape index (κ1) is 12.7. The van der Waals surface area contributed by atoms with Gasteiger partial charge in [0.2, 0.25) is 0 Å². The number of nitrogens with zero attached hydrogens (tertiary/aromatic N) is 4. The summed E-state index contributed by atoms with van der Waals surface area (Å²) >= 11 is 0. The van der Waals surface area contributed by atoms with Gasteiger partial charge in [-0.2, -0.15) is 0 Å². The van der Waals surface area contributed by atoms with Gasteiger partial charge in [0.15, 0.2) is 0 Å². The van der Waals surface area contributed by atoms with Crippen LogP contribution < -0.4 is 5.32 Å². The molecule has 2 heterocycles. The van der Waals surface area contributed by atoms with Crippen molar-refractivity contribution in [2.75, 3.05) is 0 Å². The maximum atomic E-state index is 4.22. The second kappa shape index (κ2) is 5.38. The van der Waals surface area contributed by atoms with Crippen LogP contribution >= 0.6 is 0 Å². The Morgan fingerprint density at radius 2 is 2.15 bits per heavy atom. The van der Waals surface area contributed by atoms with E-state index in [0.717, 1.165) is 28.7 Å². The standard InChI is InChI=1S/C15H17N5/c1-11(2)17-9-13-10-20(19-18-13)15-5-3-4-12-8-16-7-6-14(12)15/h3-8,10-11,17H,9H2,1-2H3. The summed E-state index contributed by atoms with van der Waals surface area (Å²) in [5, 5.41) is 14.0. The molecule has 0 aliphatic rings. The topological polar surface area (TPSA) is 55.6 Å². The third-order valence-electron chi connectivity index (χ3n) is 3.14. The Hall–Kier alpha value is -2.27. The Balaban J connectivity index is 1.95. The fourth-order valence-electron chi connectivity index (χ4n) is 2.11. The molecule has 2 aromatic heterocycles. The van der Waals surface area contributed by atoms with Crippen molar-refractivity contribution in [3.63, 3.8) is 0 Å². The number of rotatable bonds is 4. The smallest absolute Gasteiger partial charge is 0.0969 e. The zero-order chi connectivity index (χ0) is 13.9. The molecule has 0 unspecified atom stereocenters. The Bertz CT molecular complexity index is 712. The molecule has 0 atom stereocenters. The van der Waals surface area contributed by atoms with Gasteiger partial charge >= 0.3 is 0 Å². The minimum absolute atomic E-state index is 0.434. The molecule has 1 N–H and O–H groups in total. The Morgan fingerprint density at radius 1 is 1.25 bits per heavy atom. The molecule has 20 heavy (non-hydrogen) atoms. The van der Waals surface area contributed by atoms with Crippen molar-refractivity contribution in [1.82, 2.24) is 25.3 Å². The van der Waals surface area contributed by atoms with Crippen LogP contribution in [-0.4, -0.2) is 26.0 Å². The van der Waals surface area contributed by atoms with Crippen molar-refractivity contribution in [2.24, 2.45) is 0 Å². The highest BCUT2D eigenvalue weighted by molar-refractivity contribution is 5.89. The van der Waals surface area contributed by atoms with Crippen LogP contribution in [0.15, 0.2) is 42.9 Å². The quantitative estimate of drug-likeness (QED) is 0.788. The van der Waals surface area contributed by atoms with Crippen molar-refractivity contribution >= 4 is 10.8 Å². The van der Waals surface area contributed by atoms with Gasteiger partial charge in [-0.15, -0.1) is 5.10 Å². The van der Waals surface area contributed by atoms with Gasteiger partial charge in [-0.05, 0) is 12.1 Å². The van der Waals surface area contributed by atoms with Crippen LogP contribution in [0, 0.1) is 0 Å². The fourth-order valence-corrected chi connectivity index (χ4v) is 2.11. The highest BCUT2D eigenvalue weighted by Crippen LogP contribution is 2.20. The third kappa shape index (κ3) is 2.53. The van der Waals surface area contributed by atoms with Crippen LogP contribution in [0.25, 0.3) is 16.5 Å². The average Bonchev–Trinajstić information content (AvgIpc) is 2.93. The Labute approximate surface area is 117 Å². The predicted octanol–water partition coefficient (Wildman–Crippen LogP) is 2.31. The van der Waals surface area contributed by atoms with E-state index in [0.29, 0.717) is 6.04 Å². The van der Waals surface area contributed by atoms with Crippen LogP contribution in [-0.2, 0) is 6.54 Å². The van der Waals surface area contributed by atoms with Gasteiger partial charge in [-0.1, -0.05) is 31.2 Å². The first-order chi connectivity index (χ1) is 9.74. The van der Waals surface area contributed by atoms with Gasteiger partial charge in [0.05, 0.1) is 17.6 Å². The van der Waals surface area contributed by atoms with Crippen LogP contribution in [0.1, 0.15) is 19.5 Å². The van der Waals surface area contributed by atoms with Gasteiger partial charge in [-0.25, -0.2) is 4.68 Å². The molecular formula is C15H17N5. The van der Waals surface area contributed by atoms with E-state index in [-0.39, 0.29) is 0 Å². The Morgan fingerprint density at radius 3 is 3.00 bits per heavy atom. The summed E-state index contributed by atoms with van der Waals surface area (Å²) in [6.45, 7) is 4.95. The van der Waals surface area contributed by atoms with Crippen LogP contribution in [0.4, 0.5) is 0 Å². The van der Waals surface area contributed by atoms with Gasteiger partial charge in [0.25, 0.3) is 0 Å². The molecule has 0 amide bonds. The molecule has 0 radical (unpaired) electrons. The Kier molecular flexibility index (Phi) is 3.43. The van der Waals surface area contributed by atoms with Crippen LogP contribution in [0.2, 0.25) is 0 Å². The normalized spacial score (nSPS) is 11.3. The summed E-state index contributed by atoms with van der Waals surface area (Å²) in [7, 11) is 0. The lowest BCUT2D eigenvalue weighted by Crippen LogP contribution is -2.21. The second-order valence-electron chi connectivity index (χ2n) is 5.06. The number of fused-ring (bicyclic) bond motifs is 1. The maximum Gasteiger partial charge on any atom is 0.0969 e. The van der Waals surface area contributed by atoms with E-state index < -0.39 is 0 Å². The van der Waals surface area contributed by atoms with Crippen LogP contribution in [0.3, 0.4) is 0 Å². The molecule has 0 spiro atoms. The summed E-state index contributed by atoms with van der Waals surface area (Å²) in [6.07, 6.45) is 5.62. The van der Waals surface area contributed by atoms with E-state index in [1.165, 1.54) is 0 Å². The van der Waals surface area contributed by atoms with Gasteiger partial charge in [0.1, 0.15) is 0 Å². The molecule has 0 aliphatic carbocycles. The summed E-state index contributed by atoms with van der Waals surface area (Å²) in [6, 6.07) is 8.52. The number of pyridine rings is 1. The second-order valence-corrected chi connectivity index (χ2v) is 5.06. The number of aromatic nitrogens is 4. The third-order valence-corrected chi connectivity index (χ3v) is 3.14. The minimum atomic E-state index is 0.434. The highest BCUT2D eigenvalue weighted by atomic mass is 15.4. The summed E-state index contributed by atoms with van der Waals surface area (Å²) < 4.78 is 1.82. The number of benzene rings is 1. The molecule has 102 valence electrons. The summed E-state index contributed by atoms with van der Waals surface area (Å²) in [5.41, 5.74) is 1.96. The lowest BCUT2D eigenvalue weighted by atomic mass is 10.1. The molecule has 0 saturated carbocycles. The van der Waals surface area contributed by atoms with Crippen molar-refractivity contribution in [3.8, 4) is 5.69 Å². The van der Waals surface area contributed by atoms with Crippen molar-refractivity contribution < 1.29 is 0 Å². The highest BCUT2D eigenvalue weighted by Gasteiger charge is 2.06. The maximum absolute atomic E-state index is 4.22. The summed E-state index contributed by atoms with van der Waals surface area (Å²) in [4.78, 5) is 4.15. The average molecular weight is 267 g/mol. The SMILES string of the molecule is CC(C)NCc1cn(-c2cccc3cnccc23)nn1. The van der Waals surface area contributed by atoms with Gasteiger partial charge < -0.3 is 5.32 Å². The molecule has 5 heteroatoms. The molecule has 0 aliphatic heterocycles. The number of hydrogen-bond acceptors (Lipinski definition) is 4. The zero-order valence-electron chi connectivity index (χ0n) is 11.6. The molecule has 0 fully saturated rings. The zero-order valence-corrected chi connectivity index (χ0v) is 11.6. The molecule has 1 aromatic carbocycles. The lowest BCUT2D eigenvalue weighted by Gasteiger charge is -2.05. The number of nitrogens with one attached hydrogen (secondary N) is 1. The first-order valence-electron chi connectivity index (χ1n) is 6.72. The molecule has 0 saturated heterocycles. The minimum Gasteiger partial charge on any atom is -0.309 e. The first-order valence-corrected chi connectivity index (χ1v) is 6.72. The number of hydrogen-bond donors (Lipinski definition) is 1. The van der Waals surface area contributed by atoms with E-state index in [1.807, 2.05) is 41.3 Å². The lowest BCUT2D eigenvalue weighted by molar-refractivity contribution is 0.580. The van der Waals surface area contributed by atoms with E-state index in [2.05, 4.69) is 34.5 Å². The van der Waals surface area contributed by atoms with Gasteiger partial charge in [0, 0.05) is 35.8 Å². The van der Waals surface area contributed by atoms with E-state index in [9.17, 15) is 0 Å². The van der Waals surface area contributed by atoms with Gasteiger partial charge in [-0.3, -0.25) is 4.98 Å². The van der Waals surface area contributed by atoms with E-state index in [4.69, 9.17) is 0 Å². The van der Waals surface area contributed by atoms with Crippen molar-refractivity contribution in [1.29, 1.82) is 0 Å². The van der Waals surface area contributed by atoms with Crippen molar-refractivity contribution in [2.45, 2.75) is 26.4 Å². The molecule has 5 nitrogen and oxygen atoms in total. The molecule has 0 bridgehead atoms. The predicted molar refractivity (Wildman–Crippen MR) is 78.6 cm³/mol. The summed E-state index contributed by atoms with van der Waals surface area (Å²) in [5.74, 6) is 0. The van der Waals surface area contributed by atoms with E-state index >= 15 is 0 Å². The van der Waals surface area contributed by atoms with Crippen LogP contribution in [0.5, 0.6) is 0 Å².